The number of nitrogens with two attached hydrogens (primary N) is 2. The maximum Gasteiger partial charge on any atom is 0.362 e. The average Bonchev–Trinajstić information content (AvgIpc) is 3.27. The summed E-state index contributed by atoms with van der Waals surface area (Å²) in [7, 11) is -4.50. The number of aliphatic hydroxyl groups excluding tert-OH is 2. The first-order valence-electron chi connectivity index (χ1n) is 9.55. The average molecular weight is 459 g/mol. The zero-order valence-electron chi connectivity index (χ0n) is 16.7. The van der Waals surface area contributed by atoms with Crippen LogP contribution in [0.4, 0.5) is 5.82 Å². The van der Waals surface area contributed by atoms with Gasteiger partial charge in [0.2, 0.25) is 0 Å². The van der Waals surface area contributed by atoms with Gasteiger partial charge in [-0.3, -0.25) is 13.5 Å². The largest absolute Gasteiger partial charge is 0.387 e. The standard InChI is InChI=1S/C16H25N7O7S/c1-2-3-4-8(17)15(26)22-31(27,28)29-5-9-11(24)12(25)16(30-9)23-7-21-10-13(18)19-6-20-14(10)23/h6-9,11-12,16,24-25H,2-5,17H2,1H3,(H,22,26)(H2,18,19,20)/t8?,9-,11-,12-,16-/m1/s1. The van der Waals surface area contributed by atoms with E-state index < -0.39 is 53.4 Å². The second kappa shape index (κ2) is 9.37. The Bertz CT molecular complexity index is 1030. The Labute approximate surface area is 177 Å². The molecule has 0 radical (unpaired) electrons. The van der Waals surface area contributed by atoms with Crippen molar-refractivity contribution in [2.75, 3.05) is 12.3 Å². The highest BCUT2D eigenvalue weighted by atomic mass is 32.2. The molecule has 7 N–H and O–H groups in total. The molecule has 0 aromatic carbocycles. The van der Waals surface area contributed by atoms with E-state index in [4.69, 9.17) is 20.4 Å². The first-order chi connectivity index (χ1) is 14.6. The summed E-state index contributed by atoms with van der Waals surface area (Å²) < 4.78 is 37.4. The van der Waals surface area contributed by atoms with Crippen LogP contribution < -0.4 is 16.2 Å². The number of carbonyl (C=O) groups excluding carboxylic acids is 1. The molecule has 0 aliphatic carbocycles. The molecule has 1 amide bonds. The van der Waals surface area contributed by atoms with E-state index in [-0.39, 0.29) is 17.0 Å². The van der Waals surface area contributed by atoms with Crippen molar-refractivity contribution in [3.8, 4) is 0 Å². The van der Waals surface area contributed by atoms with Crippen LogP contribution >= 0.6 is 0 Å². The summed E-state index contributed by atoms with van der Waals surface area (Å²) >= 11 is 0. The third kappa shape index (κ3) is 5.08. The molecule has 2 aromatic rings. The SMILES string of the molecule is CCCCC(N)C(=O)NS(=O)(=O)OC[C@H]1O[C@@H](n2cnc3c(N)ncnc32)[C@H](O)[C@@H]1O. The van der Waals surface area contributed by atoms with Gasteiger partial charge in [0.1, 0.15) is 30.2 Å². The number of aliphatic hydroxyl groups is 2. The van der Waals surface area contributed by atoms with E-state index in [1.54, 1.807) is 4.72 Å². The van der Waals surface area contributed by atoms with Crippen molar-refractivity contribution in [3.05, 3.63) is 12.7 Å². The van der Waals surface area contributed by atoms with Crippen LogP contribution in [0.5, 0.6) is 0 Å². The molecule has 5 atom stereocenters. The topological polar surface area (TPSA) is 218 Å². The Balaban J connectivity index is 1.64. The first-order valence-corrected chi connectivity index (χ1v) is 11.0. The fraction of sp³-hybridized carbons (Fsp3) is 0.625. The summed E-state index contributed by atoms with van der Waals surface area (Å²) in [6.45, 7) is 1.25. The molecule has 0 saturated carbocycles. The van der Waals surface area contributed by atoms with E-state index in [0.717, 1.165) is 6.42 Å². The Hall–Kier alpha value is -2.43. The highest BCUT2D eigenvalue weighted by Gasteiger charge is 2.45. The van der Waals surface area contributed by atoms with Crippen LogP contribution in [0.1, 0.15) is 32.4 Å². The maximum atomic E-state index is 12.0. The van der Waals surface area contributed by atoms with Gasteiger partial charge >= 0.3 is 10.3 Å². The van der Waals surface area contributed by atoms with Crippen molar-refractivity contribution in [2.45, 2.75) is 56.8 Å². The summed E-state index contributed by atoms with van der Waals surface area (Å²) in [5.74, 6) is -0.781. The summed E-state index contributed by atoms with van der Waals surface area (Å²) in [6.07, 6.45) is -1.00. The molecule has 172 valence electrons. The molecule has 1 aliphatic rings. The minimum atomic E-state index is -4.50. The number of nitrogens with zero attached hydrogens (tertiary/aromatic N) is 4. The van der Waals surface area contributed by atoms with Gasteiger partial charge in [-0.1, -0.05) is 19.8 Å². The Kier molecular flexibility index (Phi) is 7.03. The minimum absolute atomic E-state index is 0.121. The number of ether oxygens (including phenoxy) is 1. The quantitative estimate of drug-likeness (QED) is 0.273. The molecule has 15 heteroatoms. The second-order valence-corrected chi connectivity index (χ2v) is 8.43. The molecule has 1 saturated heterocycles. The molecular formula is C16H25N7O7S. The molecule has 1 aliphatic heterocycles. The fourth-order valence-corrected chi connectivity index (χ4v) is 3.86. The van der Waals surface area contributed by atoms with Crippen LogP contribution in [-0.4, -0.2) is 75.0 Å². The number of hydrogen-bond donors (Lipinski definition) is 5. The number of nitrogens with one attached hydrogen (secondary N) is 1. The van der Waals surface area contributed by atoms with Crippen molar-refractivity contribution >= 4 is 33.2 Å². The molecular weight excluding hydrogens is 434 g/mol. The summed E-state index contributed by atoms with van der Waals surface area (Å²) in [4.78, 5) is 23.8. The number of amides is 1. The zero-order valence-corrected chi connectivity index (χ0v) is 17.5. The number of nitrogen functional groups attached to an aromatic ring is 1. The molecule has 31 heavy (non-hydrogen) atoms. The fourth-order valence-electron chi connectivity index (χ4n) is 3.09. The number of carbonyl (C=O) groups is 1. The number of hydrogen-bond acceptors (Lipinski definition) is 12. The lowest BCUT2D eigenvalue weighted by Gasteiger charge is -2.16. The van der Waals surface area contributed by atoms with E-state index >= 15 is 0 Å². The number of aromatic nitrogens is 4. The van der Waals surface area contributed by atoms with Gasteiger partial charge in [0.05, 0.1) is 19.0 Å². The molecule has 0 spiro atoms. The van der Waals surface area contributed by atoms with E-state index in [9.17, 15) is 23.4 Å². The molecule has 14 nitrogen and oxygen atoms in total. The van der Waals surface area contributed by atoms with Crippen LogP contribution in [0, 0.1) is 0 Å². The monoisotopic (exact) mass is 459 g/mol. The van der Waals surface area contributed by atoms with Gasteiger partial charge in [-0.25, -0.2) is 19.7 Å². The Morgan fingerprint density at radius 3 is 2.81 bits per heavy atom. The second-order valence-electron chi connectivity index (χ2n) is 7.08. The van der Waals surface area contributed by atoms with Gasteiger partial charge < -0.3 is 26.4 Å². The molecule has 1 fully saturated rings. The van der Waals surface area contributed by atoms with Crippen molar-refractivity contribution in [2.24, 2.45) is 5.73 Å². The van der Waals surface area contributed by atoms with Gasteiger partial charge in [-0.2, -0.15) is 8.42 Å². The number of rotatable bonds is 9. The van der Waals surface area contributed by atoms with Crippen molar-refractivity contribution < 1.29 is 32.3 Å². The summed E-state index contributed by atoms with van der Waals surface area (Å²) in [5, 5.41) is 20.6. The number of fused-ring (bicyclic) bond motifs is 1. The molecule has 3 rings (SSSR count). The molecule has 0 bridgehead atoms. The molecule has 1 unspecified atom stereocenters. The van der Waals surface area contributed by atoms with Crippen molar-refractivity contribution in [1.29, 1.82) is 0 Å². The smallest absolute Gasteiger partial charge is 0.362 e. The minimum Gasteiger partial charge on any atom is -0.387 e. The lowest BCUT2D eigenvalue weighted by Crippen LogP contribution is -2.44. The van der Waals surface area contributed by atoms with E-state index in [2.05, 4.69) is 15.0 Å². The normalized spacial score (nSPS) is 25.0. The predicted octanol–water partition coefficient (Wildman–Crippen LogP) is -2.08. The van der Waals surface area contributed by atoms with Crippen LogP contribution in [-0.2, 0) is 24.0 Å². The van der Waals surface area contributed by atoms with Crippen LogP contribution in [0.2, 0.25) is 0 Å². The third-order valence-electron chi connectivity index (χ3n) is 4.82. The van der Waals surface area contributed by atoms with E-state index in [0.29, 0.717) is 12.8 Å². The zero-order chi connectivity index (χ0) is 22.8. The first kappa shape index (κ1) is 23.2. The number of anilines is 1. The summed E-state index contributed by atoms with van der Waals surface area (Å²) in [5.41, 5.74) is 11.9. The van der Waals surface area contributed by atoms with Gasteiger partial charge in [-0.05, 0) is 6.42 Å². The highest BCUT2D eigenvalue weighted by molar-refractivity contribution is 7.85. The van der Waals surface area contributed by atoms with Gasteiger partial charge in [0.15, 0.2) is 17.7 Å². The lowest BCUT2D eigenvalue weighted by atomic mass is 10.1. The number of imidazole rings is 1. The summed E-state index contributed by atoms with van der Waals surface area (Å²) in [6, 6.07) is -0.998. The molecule has 2 aromatic heterocycles. The Morgan fingerprint density at radius 1 is 1.35 bits per heavy atom. The van der Waals surface area contributed by atoms with E-state index in [1.807, 2.05) is 6.92 Å². The third-order valence-corrected chi connectivity index (χ3v) is 5.71. The van der Waals surface area contributed by atoms with Gasteiger partial charge in [-0.15, -0.1) is 0 Å². The van der Waals surface area contributed by atoms with E-state index in [1.165, 1.54) is 17.2 Å². The molecule has 3 heterocycles. The van der Waals surface area contributed by atoms with Gasteiger partial charge in [0.25, 0.3) is 5.91 Å². The van der Waals surface area contributed by atoms with Crippen LogP contribution in [0.15, 0.2) is 12.7 Å². The van der Waals surface area contributed by atoms with Gasteiger partial charge in [0, 0.05) is 0 Å². The van der Waals surface area contributed by atoms with Crippen LogP contribution in [0.25, 0.3) is 11.2 Å². The van der Waals surface area contributed by atoms with Crippen molar-refractivity contribution in [1.82, 2.24) is 24.2 Å². The lowest BCUT2D eigenvalue weighted by molar-refractivity contribution is -0.120. The van der Waals surface area contributed by atoms with Crippen molar-refractivity contribution in [3.63, 3.8) is 0 Å². The van der Waals surface area contributed by atoms with Crippen LogP contribution in [0.3, 0.4) is 0 Å². The Morgan fingerprint density at radius 2 is 2.10 bits per heavy atom. The number of unbranched alkanes of at least 4 members (excludes halogenated alkanes) is 1. The highest BCUT2D eigenvalue weighted by Crippen LogP contribution is 2.32. The maximum absolute atomic E-state index is 12.0. The predicted molar refractivity (Wildman–Crippen MR) is 106 cm³/mol.